The van der Waals surface area contributed by atoms with Gasteiger partial charge in [-0.3, -0.25) is 0 Å². The van der Waals surface area contributed by atoms with E-state index < -0.39 is 0 Å². The lowest BCUT2D eigenvalue weighted by Gasteiger charge is -2.10. The third kappa shape index (κ3) is 2.33. The molecule has 4 nitrogen and oxygen atoms in total. The van der Waals surface area contributed by atoms with E-state index in [2.05, 4.69) is 4.99 Å². The number of phenolic OH excluding ortho intramolecular Hbond substituents is 1. The molecule has 0 radical (unpaired) electrons. The Morgan fingerprint density at radius 3 is 3.00 bits per heavy atom. The van der Waals surface area contributed by atoms with Crippen molar-refractivity contribution >= 4 is 5.90 Å². The number of aliphatic imine (C=N–C) groups is 1. The van der Waals surface area contributed by atoms with Gasteiger partial charge in [0.25, 0.3) is 0 Å². The second-order valence-electron chi connectivity index (χ2n) is 3.83. The van der Waals surface area contributed by atoms with E-state index in [-0.39, 0.29) is 11.9 Å². The maximum Gasteiger partial charge on any atom is 0.220 e. The van der Waals surface area contributed by atoms with Crippen LogP contribution in [-0.2, 0) is 4.74 Å². The van der Waals surface area contributed by atoms with Crippen LogP contribution in [0.2, 0.25) is 0 Å². The van der Waals surface area contributed by atoms with Gasteiger partial charge < -0.3 is 15.6 Å². The number of para-hydroxylation sites is 1. The molecule has 1 unspecified atom stereocenters. The van der Waals surface area contributed by atoms with Gasteiger partial charge in [-0.05, 0) is 31.5 Å². The van der Waals surface area contributed by atoms with Gasteiger partial charge in [-0.2, -0.15) is 0 Å². The van der Waals surface area contributed by atoms with Crippen LogP contribution in [0.3, 0.4) is 0 Å². The van der Waals surface area contributed by atoms with Gasteiger partial charge in [0.1, 0.15) is 11.9 Å². The fourth-order valence-corrected chi connectivity index (χ4v) is 1.72. The van der Waals surface area contributed by atoms with Crippen molar-refractivity contribution in [3.63, 3.8) is 0 Å². The molecule has 3 N–H and O–H groups in total. The molecule has 1 atom stereocenters. The molecule has 1 aromatic carbocycles. The number of aromatic hydroxyl groups is 1. The Morgan fingerprint density at radius 2 is 2.25 bits per heavy atom. The van der Waals surface area contributed by atoms with Gasteiger partial charge in [-0.25, -0.2) is 4.99 Å². The van der Waals surface area contributed by atoms with Gasteiger partial charge in [0, 0.05) is 0 Å². The molecule has 1 aliphatic heterocycles. The molecule has 0 aliphatic carbocycles. The SMILES string of the molecule is NCCCC1CN=C(c2ccccc2O)O1. The van der Waals surface area contributed by atoms with E-state index in [4.69, 9.17) is 10.5 Å². The van der Waals surface area contributed by atoms with E-state index in [9.17, 15) is 5.11 Å². The number of hydrogen-bond acceptors (Lipinski definition) is 4. The molecule has 1 aliphatic rings. The number of benzene rings is 1. The zero-order valence-electron chi connectivity index (χ0n) is 9.10. The van der Waals surface area contributed by atoms with Crippen molar-refractivity contribution in [2.24, 2.45) is 10.7 Å². The highest BCUT2D eigenvalue weighted by Gasteiger charge is 2.21. The molecule has 1 aromatic rings. The van der Waals surface area contributed by atoms with E-state index in [1.54, 1.807) is 18.2 Å². The molecule has 0 bridgehead atoms. The number of ether oxygens (including phenoxy) is 1. The minimum Gasteiger partial charge on any atom is -0.507 e. The summed E-state index contributed by atoms with van der Waals surface area (Å²) in [6.45, 7) is 1.33. The maximum atomic E-state index is 9.65. The zero-order valence-corrected chi connectivity index (χ0v) is 9.10. The molecule has 0 spiro atoms. The molecule has 0 amide bonds. The summed E-state index contributed by atoms with van der Waals surface area (Å²) in [5.41, 5.74) is 6.11. The summed E-state index contributed by atoms with van der Waals surface area (Å²) in [6.07, 6.45) is 1.96. The van der Waals surface area contributed by atoms with Crippen molar-refractivity contribution in [1.82, 2.24) is 0 Å². The average Bonchev–Trinajstić information content (AvgIpc) is 2.75. The van der Waals surface area contributed by atoms with Crippen LogP contribution >= 0.6 is 0 Å². The molecule has 1 heterocycles. The first-order chi connectivity index (χ1) is 7.81. The smallest absolute Gasteiger partial charge is 0.220 e. The van der Waals surface area contributed by atoms with Crippen molar-refractivity contribution in [3.8, 4) is 5.75 Å². The van der Waals surface area contributed by atoms with Crippen LogP contribution in [0, 0.1) is 0 Å². The summed E-state index contributed by atoms with van der Waals surface area (Å²) >= 11 is 0. The predicted octanol–water partition coefficient (Wildman–Crippen LogP) is 1.28. The number of phenols is 1. The number of hydrogen-bond donors (Lipinski definition) is 2. The van der Waals surface area contributed by atoms with Crippen LogP contribution in [0.4, 0.5) is 0 Å². The topological polar surface area (TPSA) is 67.8 Å². The average molecular weight is 220 g/mol. The highest BCUT2D eigenvalue weighted by Crippen LogP contribution is 2.22. The largest absolute Gasteiger partial charge is 0.507 e. The van der Waals surface area contributed by atoms with Crippen molar-refractivity contribution < 1.29 is 9.84 Å². The monoisotopic (exact) mass is 220 g/mol. The first kappa shape index (κ1) is 11.0. The Morgan fingerprint density at radius 1 is 1.44 bits per heavy atom. The summed E-state index contributed by atoms with van der Waals surface area (Å²) in [5.74, 6) is 0.751. The van der Waals surface area contributed by atoms with Crippen molar-refractivity contribution in [3.05, 3.63) is 29.8 Å². The summed E-state index contributed by atoms with van der Waals surface area (Å²) < 4.78 is 5.66. The van der Waals surface area contributed by atoms with Crippen molar-refractivity contribution in [2.45, 2.75) is 18.9 Å². The van der Waals surface area contributed by atoms with E-state index in [0.717, 1.165) is 12.8 Å². The summed E-state index contributed by atoms with van der Waals surface area (Å²) in [6, 6.07) is 7.07. The van der Waals surface area contributed by atoms with Crippen LogP contribution < -0.4 is 5.73 Å². The predicted molar refractivity (Wildman–Crippen MR) is 62.7 cm³/mol. The van der Waals surface area contributed by atoms with Gasteiger partial charge in [0.15, 0.2) is 0 Å². The summed E-state index contributed by atoms with van der Waals surface area (Å²) in [5, 5.41) is 9.65. The molecule has 0 saturated carbocycles. The van der Waals surface area contributed by atoms with Gasteiger partial charge in [0.2, 0.25) is 5.90 Å². The minimum atomic E-state index is 0.109. The molecule has 86 valence electrons. The molecular formula is C12H16N2O2. The standard InChI is InChI=1S/C12H16N2O2/c13-7-3-4-9-8-14-12(16-9)10-5-1-2-6-11(10)15/h1-2,5-6,9,15H,3-4,7-8,13H2. The zero-order chi connectivity index (χ0) is 11.4. The lowest BCUT2D eigenvalue weighted by molar-refractivity contribution is 0.211. The van der Waals surface area contributed by atoms with E-state index in [1.807, 2.05) is 6.07 Å². The van der Waals surface area contributed by atoms with Crippen molar-refractivity contribution in [2.75, 3.05) is 13.1 Å². The van der Waals surface area contributed by atoms with Gasteiger partial charge in [-0.1, -0.05) is 12.1 Å². The number of nitrogens with two attached hydrogens (primary N) is 1. The molecule has 4 heteroatoms. The van der Waals surface area contributed by atoms with Gasteiger partial charge in [0.05, 0.1) is 12.1 Å². The van der Waals surface area contributed by atoms with E-state index >= 15 is 0 Å². The Balaban J connectivity index is 2.01. The Labute approximate surface area is 94.8 Å². The second kappa shape index (κ2) is 4.99. The van der Waals surface area contributed by atoms with Crippen molar-refractivity contribution in [1.29, 1.82) is 0 Å². The van der Waals surface area contributed by atoms with Crippen LogP contribution in [0.1, 0.15) is 18.4 Å². The second-order valence-corrected chi connectivity index (χ2v) is 3.83. The first-order valence-electron chi connectivity index (χ1n) is 5.51. The molecule has 0 saturated heterocycles. The van der Waals surface area contributed by atoms with Gasteiger partial charge >= 0.3 is 0 Å². The molecule has 0 aromatic heterocycles. The fourth-order valence-electron chi connectivity index (χ4n) is 1.72. The quantitative estimate of drug-likeness (QED) is 0.803. The van der Waals surface area contributed by atoms with Crippen LogP contribution in [-0.4, -0.2) is 30.2 Å². The third-order valence-corrected chi connectivity index (χ3v) is 2.58. The van der Waals surface area contributed by atoms with Gasteiger partial charge in [-0.15, -0.1) is 0 Å². The Bertz CT molecular complexity index is 390. The first-order valence-corrected chi connectivity index (χ1v) is 5.51. The fraction of sp³-hybridized carbons (Fsp3) is 0.417. The summed E-state index contributed by atoms with van der Waals surface area (Å²) in [4.78, 5) is 4.29. The van der Waals surface area contributed by atoms with E-state index in [0.29, 0.717) is 24.6 Å². The Hall–Kier alpha value is -1.55. The minimum absolute atomic E-state index is 0.109. The normalized spacial score (nSPS) is 19.3. The van der Waals surface area contributed by atoms with Crippen LogP contribution in [0.25, 0.3) is 0 Å². The lowest BCUT2D eigenvalue weighted by Crippen LogP contribution is -2.15. The summed E-state index contributed by atoms with van der Waals surface area (Å²) in [7, 11) is 0. The highest BCUT2D eigenvalue weighted by atomic mass is 16.5. The third-order valence-electron chi connectivity index (χ3n) is 2.58. The van der Waals surface area contributed by atoms with Crippen LogP contribution in [0.15, 0.2) is 29.3 Å². The highest BCUT2D eigenvalue weighted by molar-refractivity contribution is 5.97. The molecular weight excluding hydrogens is 204 g/mol. The van der Waals surface area contributed by atoms with Crippen LogP contribution in [0.5, 0.6) is 5.75 Å². The molecule has 0 fully saturated rings. The lowest BCUT2D eigenvalue weighted by atomic mass is 10.2. The molecule has 16 heavy (non-hydrogen) atoms. The maximum absolute atomic E-state index is 9.65. The number of nitrogens with zero attached hydrogens (tertiary/aromatic N) is 1. The molecule has 2 rings (SSSR count). The Kier molecular flexibility index (Phi) is 3.41. The number of rotatable bonds is 4. The van der Waals surface area contributed by atoms with E-state index in [1.165, 1.54) is 0 Å².